The molecule has 3 aromatic rings. The Hall–Kier alpha value is -3.43. The lowest BCUT2D eigenvalue weighted by Gasteiger charge is -2.21. The first-order valence-electron chi connectivity index (χ1n) is 12.1. The second kappa shape index (κ2) is 10.4. The average molecular weight is 547 g/mol. The van der Waals surface area contributed by atoms with Crippen LogP contribution < -0.4 is 15.4 Å². The molecule has 1 aliphatic carbocycles. The van der Waals surface area contributed by atoms with Crippen LogP contribution in [0.2, 0.25) is 0 Å². The summed E-state index contributed by atoms with van der Waals surface area (Å²) in [6.07, 6.45) is -2.37. The van der Waals surface area contributed by atoms with Crippen LogP contribution in [0.1, 0.15) is 57.8 Å². The molecule has 0 bridgehead atoms. The van der Waals surface area contributed by atoms with Crippen LogP contribution >= 0.6 is 0 Å². The molecule has 1 atom stereocenters. The van der Waals surface area contributed by atoms with Gasteiger partial charge in [-0.25, -0.2) is 23.1 Å². The van der Waals surface area contributed by atoms with Gasteiger partial charge in [-0.3, -0.25) is 0 Å². The molecule has 2 aromatic heterocycles. The molecule has 0 saturated heterocycles. The minimum absolute atomic E-state index is 0.0632. The summed E-state index contributed by atoms with van der Waals surface area (Å²) in [4.78, 5) is 13.2. The third kappa shape index (κ3) is 7.55. The van der Waals surface area contributed by atoms with Gasteiger partial charge >= 0.3 is 6.18 Å². The topological polar surface area (TPSA) is 109 Å². The van der Waals surface area contributed by atoms with Gasteiger partial charge in [0, 0.05) is 11.5 Å². The maximum Gasteiger partial charge on any atom is 0.405 e. The van der Waals surface area contributed by atoms with Gasteiger partial charge in [-0.1, -0.05) is 18.1 Å². The van der Waals surface area contributed by atoms with E-state index in [4.69, 9.17) is 0 Å². The van der Waals surface area contributed by atoms with Crippen molar-refractivity contribution in [2.24, 2.45) is 5.92 Å². The SMILES string of the molecule is C[C@@H](Nc1nc(NCC(F)(F)F)c2nc(C#CC3CC3)ccc2n1)c1ccc(S(=O)(=O)NC(C)(C)C)cc1. The second-order valence-corrected chi connectivity index (χ2v) is 11.9. The van der Waals surface area contributed by atoms with Crippen molar-refractivity contribution in [1.29, 1.82) is 0 Å². The van der Waals surface area contributed by atoms with Gasteiger partial charge in [-0.05, 0) is 76.3 Å². The van der Waals surface area contributed by atoms with Crippen LogP contribution in [0.5, 0.6) is 0 Å². The first-order valence-corrected chi connectivity index (χ1v) is 13.6. The van der Waals surface area contributed by atoms with Crippen LogP contribution in [-0.4, -0.2) is 41.6 Å². The van der Waals surface area contributed by atoms with E-state index in [1.165, 1.54) is 12.1 Å². The molecular weight excluding hydrogens is 517 g/mol. The third-order valence-corrected chi connectivity index (χ3v) is 7.23. The smallest absolute Gasteiger partial charge is 0.359 e. The fourth-order valence-corrected chi connectivity index (χ4v) is 4.95. The van der Waals surface area contributed by atoms with E-state index >= 15 is 0 Å². The number of nitrogens with one attached hydrogen (secondary N) is 3. The fraction of sp³-hybridized carbons (Fsp3) is 0.423. The summed E-state index contributed by atoms with van der Waals surface area (Å²) < 4.78 is 66.6. The maximum atomic E-state index is 13.0. The van der Waals surface area contributed by atoms with Crippen molar-refractivity contribution in [1.82, 2.24) is 19.7 Å². The van der Waals surface area contributed by atoms with Gasteiger partial charge in [0.15, 0.2) is 5.82 Å². The number of benzene rings is 1. The molecule has 202 valence electrons. The largest absolute Gasteiger partial charge is 0.405 e. The van der Waals surface area contributed by atoms with Crippen molar-refractivity contribution in [2.45, 2.75) is 63.2 Å². The van der Waals surface area contributed by atoms with E-state index in [-0.39, 0.29) is 28.2 Å². The van der Waals surface area contributed by atoms with Crippen molar-refractivity contribution in [3.05, 3.63) is 47.7 Å². The van der Waals surface area contributed by atoms with Crippen LogP contribution in [0.4, 0.5) is 24.9 Å². The Kier molecular flexibility index (Phi) is 7.54. The molecule has 0 radical (unpaired) electrons. The predicted molar refractivity (Wildman–Crippen MR) is 140 cm³/mol. The molecule has 4 rings (SSSR count). The molecule has 1 aliphatic rings. The molecule has 1 fully saturated rings. The molecule has 0 amide bonds. The number of hydrogen-bond acceptors (Lipinski definition) is 7. The molecule has 0 spiro atoms. The lowest BCUT2D eigenvalue weighted by Crippen LogP contribution is -2.40. The molecule has 1 saturated carbocycles. The van der Waals surface area contributed by atoms with Crippen molar-refractivity contribution < 1.29 is 21.6 Å². The zero-order valence-electron chi connectivity index (χ0n) is 21.4. The van der Waals surface area contributed by atoms with Crippen molar-refractivity contribution in [2.75, 3.05) is 17.2 Å². The van der Waals surface area contributed by atoms with Gasteiger partial charge in [-0.15, -0.1) is 0 Å². The van der Waals surface area contributed by atoms with Gasteiger partial charge in [-0.2, -0.15) is 18.2 Å². The Labute approximate surface area is 219 Å². The number of alkyl halides is 3. The standard InChI is InChI=1S/C26H29F3N6O2S/c1-16(18-8-12-20(13-9-18)38(36,37)35-25(2,3)4)31-24-33-21-14-11-19(10-7-17-5-6-17)32-22(21)23(34-24)30-15-26(27,28)29/h8-9,11-14,16-17,35H,5-6,15H2,1-4H3,(H2,30,31,33,34)/t16-/m1/s1. The maximum absolute atomic E-state index is 13.0. The summed E-state index contributed by atoms with van der Waals surface area (Å²) in [5.41, 5.74) is 1.09. The minimum Gasteiger partial charge on any atom is -0.359 e. The number of pyridine rings is 1. The van der Waals surface area contributed by atoms with Crippen LogP contribution in [0, 0.1) is 17.8 Å². The second-order valence-electron chi connectivity index (χ2n) is 10.3. The zero-order valence-corrected chi connectivity index (χ0v) is 22.3. The van der Waals surface area contributed by atoms with Gasteiger partial charge in [0.05, 0.1) is 16.5 Å². The molecule has 12 heteroatoms. The molecule has 1 aromatic carbocycles. The highest BCUT2D eigenvalue weighted by Crippen LogP contribution is 2.28. The number of nitrogens with zero attached hydrogens (tertiary/aromatic N) is 3. The van der Waals surface area contributed by atoms with Crippen LogP contribution in [0.25, 0.3) is 11.0 Å². The summed E-state index contributed by atoms with van der Waals surface area (Å²) in [5, 5.41) is 5.41. The molecule has 0 unspecified atom stereocenters. The van der Waals surface area contributed by atoms with Crippen LogP contribution in [-0.2, 0) is 10.0 Å². The summed E-state index contributed by atoms with van der Waals surface area (Å²) >= 11 is 0. The summed E-state index contributed by atoms with van der Waals surface area (Å²) in [6, 6.07) is 9.25. The summed E-state index contributed by atoms with van der Waals surface area (Å²) in [7, 11) is -3.69. The van der Waals surface area contributed by atoms with Gasteiger partial charge in [0.25, 0.3) is 0 Å². The van der Waals surface area contributed by atoms with E-state index in [1.54, 1.807) is 45.0 Å². The van der Waals surface area contributed by atoms with E-state index in [0.29, 0.717) is 17.1 Å². The van der Waals surface area contributed by atoms with E-state index in [2.05, 4.69) is 42.1 Å². The summed E-state index contributed by atoms with van der Waals surface area (Å²) in [6.45, 7) is 5.78. The van der Waals surface area contributed by atoms with Gasteiger partial charge < -0.3 is 10.6 Å². The summed E-state index contributed by atoms with van der Waals surface area (Å²) in [5.74, 6) is 6.43. The minimum atomic E-state index is -4.45. The third-order valence-electron chi connectivity index (χ3n) is 5.46. The highest BCUT2D eigenvalue weighted by atomic mass is 32.2. The lowest BCUT2D eigenvalue weighted by atomic mass is 10.1. The zero-order chi connectivity index (χ0) is 27.7. The van der Waals surface area contributed by atoms with E-state index in [1.807, 2.05) is 6.92 Å². The van der Waals surface area contributed by atoms with Gasteiger partial charge in [0.2, 0.25) is 16.0 Å². The van der Waals surface area contributed by atoms with Crippen molar-refractivity contribution in [3.63, 3.8) is 0 Å². The van der Waals surface area contributed by atoms with Crippen molar-refractivity contribution >= 4 is 32.8 Å². The van der Waals surface area contributed by atoms with Crippen LogP contribution in [0.15, 0.2) is 41.3 Å². The van der Waals surface area contributed by atoms with E-state index in [0.717, 1.165) is 18.4 Å². The molecular formula is C26H29F3N6O2S. The lowest BCUT2D eigenvalue weighted by molar-refractivity contribution is -0.115. The highest BCUT2D eigenvalue weighted by molar-refractivity contribution is 7.89. The number of aromatic nitrogens is 3. The number of hydrogen-bond donors (Lipinski definition) is 3. The Balaban J connectivity index is 1.59. The number of fused-ring (bicyclic) bond motifs is 1. The molecule has 0 aliphatic heterocycles. The van der Waals surface area contributed by atoms with E-state index < -0.39 is 28.3 Å². The Bertz CT molecular complexity index is 1490. The predicted octanol–water partition coefficient (Wildman–Crippen LogP) is 5.01. The first-order chi connectivity index (χ1) is 17.7. The normalized spacial score (nSPS) is 15.0. The monoisotopic (exact) mass is 546 g/mol. The number of rotatable bonds is 7. The Morgan fingerprint density at radius 3 is 2.32 bits per heavy atom. The molecule has 8 nitrogen and oxygen atoms in total. The fourth-order valence-electron chi connectivity index (χ4n) is 3.53. The number of halogens is 3. The first kappa shape index (κ1) is 27.6. The van der Waals surface area contributed by atoms with Crippen molar-refractivity contribution in [3.8, 4) is 11.8 Å². The van der Waals surface area contributed by atoms with Crippen LogP contribution in [0.3, 0.4) is 0 Å². The van der Waals surface area contributed by atoms with E-state index in [9.17, 15) is 21.6 Å². The van der Waals surface area contributed by atoms with Gasteiger partial charge in [0.1, 0.15) is 17.8 Å². The average Bonchev–Trinajstić information content (AvgIpc) is 3.64. The Morgan fingerprint density at radius 2 is 1.71 bits per heavy atom. The molecule has 38 heavy (non-hydrogen) atoms. The molecule has 3 N–H and O–H groups in total. The quantitative estimate of drug-likeness (QED) is 0.358. The highest BCUT2D eigenvalue weighted by Gasteiger charge is 2.28. The number of anilines is 2. The Morgan fingerprint density at radius 1 is 1.03 bits per heavy atom. The molecule has 2 heterocycles. The number of sulfonamides is 1.